The first-order valence-electron chi connectivity index (χ1n) is 9.86. The van der Waals surface area contributed by atoms with Gasteiger partial charge in [-0.15, -0.1) is 18.3 Å². The Morgan fingerprint density at radius 2 is 2.03 bits per heavy atom. The van der Waals surface area contributed by atoms with Gasteiger partial charge in [0, 0.05) is 24.5 Å². The van der Waals surface area contributed by atoms with Crippen molar-refractivity contribution in [3.63, 3.8) is 0 Å². The monoisotopic (exact) mass is 539 g/mol. The maximum Gasteiger partial charge on any atom is 0.573 e. The highest BCUT2D eigenvalue weighted by molar-refractivity contribution is 9.10. The van der Waals surface area contributed by atoms with Crippen LogP contribution in [0.2, 0.25) is 0 Å². The number of anilines is 1. The van der Waals surface area contributed by atoms with E-state index in [9.17, 15) is 18.0 Å². The van der Waals surface area contributed by atoms with E-state index < -0.39 is 18.6 Å². The van der Waals surface area contributed by atoms with Gasteiger partial charge >= 0.3 is 12.3 Å². The van der Waals surface area contributed by atoms with Gasteiger partial charge in [-0.05, 0) is 69.2 Å². The number of hydrogen-bond donors (Lipinski definition) is 1. The van der Waals surface area contributed by atoms with Gasteiger partial charge in [-0.1, -0.05) is 12.1 Å². The number of tetrazole rings is 1. The van der Waals surface area contributed by atoms with Crippen molar-refractivity contribution < 1.29 is 31.9 Å². The zero-order valence-corrected chi connectivity index (χ0v) is 19.3. The Morgan fingerprint density at radius 1 is 1.24 bits per heavy atom. The second-order valence-corrected chi connectivity index (χ2v) is 8.04. The first-order valence-corrected chi connectivity index (χ1v) is 10.7. The van der Waals surface area contributed by atoms with E-state index in [1.54, 1.807) is 13.0 Å². The second-order valence-electron chi connectivity index (χ2n) is 7.19. The number of carbonyl (C=O) groups is 1. The van der Waals surface area contributed by atoms with E-state index in [4.69, 9.17) is 9.15 Å². The van der Waals surface area contributed by atoms with Crippen molar-refractivity contribution in [2.45, 2.75) is 33.0 Å². The highest BCUT2D eigenvalue weighted by Crippen LogP contribution is 2.33. The minimum atomic E-state index is -4.77. The van der Waals surface area contributed by atoms with Crippen molar-refractivity contribution in [2.24, 2.45) is 0 Å². The van der Waals surface area contributed by atoms with Gasteiger partial charge in [-0.25, -0.2) is 0 Å². The molecule has 0 bridgehead atoms. The van der Waals surface area contributed by atoms with Gasteiger partial charge in [0.1, 0.15) is 11.3 Å². The largest absolute Gasteiger partial charge is 0.573 e. The number of alkyl halides is 3. The van der Waals surface area contributed by atoms with Crippen LogP contribution in [0.15, 0.2) is 51.4 Å². The Balaban J connectivity index is 1.49. The summed E-state index contributed by atoms with van der Waals surface area (Å²) in [4.78, 5) is 11.2. The molecule has 1 unspecified atom stereocenters. The molecule has 2 heterocycles. The number of halogens is 4. The summed E-state index contributed by atoms with van der Waals surface area (Å²) >= 11 is 3.08. The van der Waals surface area contributed by atoms with Gasteiger partial charge in [-0.2, -0.15) is 4.68 Å². The van der Waals surface area contributed by atoms with Crippen LogP contribution in [0, 0.1) is 0 Å². The number of ether oxygens (including phenoxy) is 2. The van der Waals surface area contributed by atoms with E-state index in [0.29, 0.717) is 29.4 Å². The fraction of sp³-hybridized carbons (Fsp3) is 0.238. The molecular weight excluding hydrogens is 523 g/mol. The number of esters is 1. The maximum atomic E-state index is 12.4. The third-order valence-electron chi connectivity index (χ3n) is 4.63. The van der Waals surface area contributed by atoms with E-state index in [-0.39, 0.29) is 10.2 Å². The molecule has 1 atom stereocenters. The van der Waals surface area contributed by atoms with Gasteiger partial charge in [0.05, 0.1) is 4.47 Å². The van der Waals surface area contributed by atoms with Crippen LogP contribution in [0.3, 0.4) is 0 Å². The molecular formula is C21H17BrF3N5O4. The van der Waals surface area contributed by atoms with Gasteiger partial charge < -0.3 is 19.2 Å². The molecule has 178 valence electrons. The smallest absolute Gasteiger partial charge is 0.453 e. The SMILES string of the molecule is CC(=O)OC(C)n1nnnc1-c1cc2ccc(CNc3ccc(OC(F)(F)F)c(Br)c3)cc2o1. The Morgan fingerprint density at radius 3 is 2.74 bits per heavy atom. The van der Waals surface area contributed by atoms with Crippen LogP contribution in [0.25, 0.3) is 22.6 Å². The van der Waals surface area contributed by atoms with Crippen LogP contribution >= 0.6 is 15.9 Å². The molecule has 34 heavy (non-hydrogen) atoms. The summed E-state index contributed by atoms with van der Waals surface area (Å²) in [6.07, 6.45) is -5.49. The summed E-state index contributed by atoms with van der Waals surface area (Å²) in [6, 6.07) is 11.5. The predicted molar refractivity (Wildman–Crippen MR) is 118 cm³/mol. The molecule has 0 aliphatic carbocycles. The molecule has 2 aromatic carbocycles. The second kappa shape index (κ2) is 9.33. The van der Waals surface area contributed by atoms with Gasteiger partial charge in [-0.3, -0.25) is 4.79 Å². The number of rotatable bonds is 7. The number of furan rings is 1. The van der Waals surface area contributed by atoms with Gasteiger partial charge in [0.25, 0.3) is 0 Å². The molecule has 0 aliphatic rings. The molecule has 0 saturated carbocycles. The fourth-order valence-corrected chi connectivity index (χ4v) is 3.67. The lowest BCUT2D eigenvalue weighted by Gasteiger charge is -2.12. The first kappa shape index (κ1) is 23.5. The minimum Gasteiger partial charge on any atom is -0.453 e. The average molecular weight is 540 g/mol. The molecule has 2 aromatic heterocycles. The van der Waals surface area contributed by atoms with Gasteiger partial charge in [0.15, 0.2) is 12.0 Å². The van der Waals surface area contributed by atoms with Crippen LogP contribution in [-0.2, 0) is 16.1 Å². The lowest BCUT2D eigenvalue weighted by molar-refractivity contribution is -0.274. The molecule has 13 heteroatoms. The maximum absolute atomic E-state index is 12.4. The highest BCUT2D eigenvalue weighted by Gasteiger charge is 2.32. The topological polar surface area (TPSA) is 104 Å². The molecule has 0 radical (unpaired) electrons. The molecule has 0 fully saturated rings. The number of aromatic nitrogens is 4. The number of benzene rings is 2. The van der Waals surface area contributed by atoms with Crippen LogP contribution in [0.1, 0.15) is 25.6 Å². The molecule has 0 aliphatic heterocycles. The van der Waals surface area contributed by atoms with Crippen molar-refractivity contribution in [3.8, 4) is 17.3 Å². The molecule has 0 amide bonds. The summed E-state index contributed by atoms with van der Waals surface area (Å²) in [7, 11) is 0. The van der Waals surface area contributed by atoms with Crippen LogP contribution in [0.4, 0.5) is 18.9 Å². The number of hydrogen-bond acceptors (Lipinski definition) is 8. The average Bonchev–Trinajstić information content (AvgIpc) is 3.39. The Hall–Kier alpha value is -3.61. The summed E-state index contributed by atoms with van der Waals surface area (Å²) in [5.41, 5.74) is 2.05. The molecule has 0 saturated heterocycles. The van der Waals surface area contributed by atoms with E-state index in [0.717, 1.165) is 10.9 Å². The highest BCUT2D eigenvalue weighted by atomic mass is 79.9. The summed E-state index contributed by atoms with van der Waals surface area (Å²) in [5.74, 6) is -0.0953. The molecule has 1 N–H and O–H groups in total. The Labute approximate surface area is 198 Å². The van der Waals surface area contributed by atoms with Crippen LogP contribution in [-0.4, -0.2) is 32.5 Å². The first-order chi connectivity index (χ1) is 16.1. The summed E-state index contributed by atoms with van der Waals surface area (Å²) in [6.45, 7) is 3.31. The lowest BCUT2D eigenvalue weighted by Crippen LogP contribution is -2.17. The number of nitrogens with one attached hydrogen (secondary N) is 1. The molecule has 0 spiro atoms. The molecule has 4 rings (SSSR count). The van der Waals surface area contributed by atoms with Crippen molar-refractivity contribution in [1.82, 2.24) is 20.2 Å². The number of fused-ring (bicyclic) bond motifs is 1. The third kappa shape index (κ3) is 5.47. The standard InChI is InChI=1S/C21H17BrF3N5O4/c1-11(32-12(2)31)30-20(27-28-29-30)19-8-14-4-3-13(7-18(14)33-19)10-26-15-5-6-17(16(22)9-15)34-21(23,24)25/h3-9,11,26H,10H2,1-2H3. The Kier molecular flexibility index (Phi) is 6.46. The zero-order chi connectivity index (χ0) is 24.5. The van der Waals surface area contributed by atoms with Crippen molar-refractivity contribution >= 4 is 38.6 Å². The van der Waals surface area contributed by atoms with E-state index in [1.165, 1.54) is 29.8 Å². The van der Waals surface area contributed by atoms with Crippen molar-refractivity contribution in [1.29, 1.82) is 0 Å². The third-order valence-corrected chi connectivity index (χ3v) is 5.25. The van der Waals surface area contributed by atoms with E-state index in [1.807, 2.05) is 18.2 Å². The van der Waals surface area contributed by atoms with E-state index >= 15 is 0 Å². The quantitative estimate of drug-likeness (QED) is 0.309. The summed E-state index contributed by atoms with van der Waals surface area (Å²) in [5, 5.41) is 15.4. The van der Waals surface area contributed by atoms with Crippen molar-refractivity contribution in [2.75, 3.05) is 5.32 Å². The zero-order valence-electron chi connectivity index (χ0n) is 17.8. The molecule has 9 nitrogen and oxygen atoms in total. The predicted octanol–water partition coefficient (Wildman–Crippen LogP) is 5.44. The van der Waals surface area contributed by atoms with Gasteiger partial charge in [0.2, 0.25) is 5.82 Å². The molecule has 4 aromatic rings. The number of nitrogens with zero attached hydrogens (tertiary/aromatic N) is 4. The minimum absolute atomic E-state index is 0.168. The lowest BCUT2D eigenvalue weighted by atomic mass is 10.1. The van der Waals surface area contributed by atoms with Crippen molar-refractivity contribution in [3.05, 3.63) is 52.5 Å². The van der Waals surface area contributed by atoms with E-state index in [2.05, 4.69) is 41.5 Å². The Bertz CT molecular complexity index is 1340. The summed E-state index contributed by atoms with van der Waals surface area (Å²) < 4.78 is 53.8. The number of carbonyl (C=O) groups excluding carboxylic acids is 1. The fourth-order valence-electron chi connectivity index (χ4n) is 3.21. The van der Waals surface area contributed by atoms with Crippen LogP contribution < -0.4 is 10.1 Å². The van der Waals surface area contributed by atoms with Crippen LogP contribution in [0.5, 0.6) is 5.75 Å². The normalized spacial score (nSPS) is 12.5.